The Morgan fingerprint density at radius 2 is 0.875 bits per heavy atom. The van der Waals surface area contributed by atoms with Crippen LogP contribution in [0, 0.1) is 13.8 Å². The van der Waals surface area contributed by atoms with Crippen LogP contribution < -0.4 is 20.1 Å². The zero-order valence-corrected chi connectivity index (χ0v) is 32.1. The van der Waals surface area contributed by atoms with E-state index in [9.17, 15) is 57.8 Å². The summed E-state index contributed by atoms with van der Waals surface area (Å²) >= 11 is 0. The Hall–Kier alpha value is -5.97. The predicted octanol–water partition coefficient (Wildman–Crippen LogP) is 5.76. The summed E-state index contributed by atoms with van der Waals surface area (Å²) in [5.41, 5.74) is 0.644. The monoisotopic (exact) mass is 842 g/mol. The van der Waals surface area contributed by atoms with Crippen LogP contribution in [0.3, 0.4) is 0 Å². The highest BCUT2D eigenvalue weighted by molar-refractivity contribution is 7.93. The van der Waals surface area contributed by atoms with E-state index in [2.05, 4.69) is 20.1 Å². The lowest BCUT2D eigenvalue weighted by Crippen LogP contribution is -2.21. The Bertz CT molecular complexity index is 2880. The topological polar surface area (TPSA) is 283 Å². The molecule has 21 heteroatoms. The van der Waals surface area contributed by atoms with E-state index in [0.717, 1.165) is 36.4 Å². The summed E-state index contributed by atoms with van der Waals surface area (Å²) in [6.07, 6.45) is 0. The number of aryl methyl sites for hydroxylation is 2. The number of hydrogen-bond donors (Lipinski definition) is 8. The highest BCUT2D eigenvalue weighted by atomic mass is 32.2. The van der Waals surface area contributed by atoms with Crippen molar-refractivity contribution in [2.45, 2.75) is 33.4 Å². The Balaban J connectivity index is 1.16. The molecule has 56 heavy (non-hydrogen) atoms. The van der Waals surface area contributed by atoms with Gasteiger partial charge >= 0.3 is 6.03 Å². The Morgan fingerprint density at radius 3 is 1.21 bits per heavy atom. The number of phenolic OH excluding ortho intramolecular Hbond substituents is 2. The van der Waals surface area contributed by atoms with Crippen LogP contribution in [0.15, 0.2) is 117 Å². The zero-order valence-electron chi connectivity index (χ0n) is 28.8. The van der Waals surface area contributed by atoms with Gasteiger partial charge in [0.25, 0.3) is 40.3 Å². The number of carbonyl (C=O) groups is 1. The van der Waals surface area contributed by atoms with Crippen molar-refractivity contribution in [3.8, 4) is 11.5 Å². The van der Waals surface area contributed by atoms with Crippen molar-refractivity contribution in [1.82, 2.24) is 0 Å². The van der Waals surface area contributed by atoms with Crippen LogP contribution in [0.4, 0.5) is 27.5 Å². The van der Waals surface area contributed by atoms with Crippen molar-refractivity contribution in [3.63, 3.8) is 0 Å². The molecule has 2 amide bonds. The maximum atomic E-state index is 13.3. The van der Waals surface area contributed by atoms with Crippen molar-refractivity contribution in [2.24, 2.45) is 0 Å². The number of carbonyl (C=O) groups excluding carboxylic acids is 1. The fraction of sp³-hybridized carbons (Fsp3) is 0.0571. The van der Waals surface area contributed by atoms with Crippen LogP contribution in [0.25, 0.3) is 21.5 Å². The summed E-state index contributed by atoms with van der Waals surface area (Å²) in [6.45, 7) is 3.04. The number of benzene rings is 6. The minimum Gasteiger partial charge on any atom is -0.507 e. The van der Waals surface area contributed by atoms with Crippen LogP contribution >= 0.6 is 0 Å². The van der Waals surface area contributed by atoms with Gasteiger partial charge in [-0.2, -0.15) is 16.8 Å². The second-order valence-corrected chi connectivity index (χ2v) is 18.5. The van der Waals surface area contributed by atoms with Gasteiger partial charge in [-0.05, 0) is 85.6 Å². The summed E-state index contributed by atoms with van der Waals surface area (Å²) in [5.74, 6) is -0.895. The van der Waals surface area contributed by atoms with Gasteiger partial charge in [0.2, 0.25) is 0 Å². The maximum absolute atomic E-state index is 13.3. The third-order valence-corrected chi connectivity index (χ3v) is 13.0. The van der Waals surface area contributed by atoms with Crippen LogP contribution in [0.2, 0.25) is 0 Å². The normalized spacial score (nSPS) is 12.4. The first-order chi connectivity index (χ1) is 26.0. The van der Waals surface area contributed by atoms with Gasteiger partial charge in [0.15, 0.2) is 0 Å². The molecule has 0 saturated carbocycles. The van der Waals surface area contributed by atoms with E-state index < -0.39 is 67.6 Å². The van der Waals surface area contributed by atoms with Gasteiger partial charge in [0.1, 0.15) is 21.3 Å². The summed E-state index contributed by atoms with van der Waals surface area (Å²) in [7, 11) is -18.1. The molecule has 6 aromatic rings. The van der Waals surface area contributed by atoms with Crippen molar-refractivity contribution in [2.75, 3.05) is 20.1 Å². The number of fused-ring (bicyclic) bond motifs is 2. The van der Waals surface area contributed by atoms with Gasteiger partial charge in [-0.1, -0.05) is 24.3 Å². The first-order valence-electron chi connectivity index (χ1n) is 15.8. The molecule has 0 aliphatic rings. The second kappa shape index (κ2) is 14.3. The lowest BCUT2D eigenvalue weighted by molar-refractivity contribution is 0.262. The first-order valence-corrected chi connectivity index (χ1v) is 21.7. The molecule has 0 aliphatic carbocycles. The highest BCUT2D eigenvalue weighted by Gasteiger charge is 2.22. The zero-order chi connectivity index (χ0) is 41.0. The van der Waals surface area contributed by atoms with E-state index in [1.54, 1.807) is 0 Å². The average Bonchev–Trinajstić information content (AvgIpc) is 3.08. The molecule has 0 bridgehead atoms. The molecule has 17 nitrogen and oxygen atoms in total. The van der Waals surface area contributed by atoms with Gasteiger partial charge < -0.3 is 20.8 Å². The van der Waals surface area contributed by atoms with Crippen molar-refractivity contribution < 1.29 is 57.8 Å². The molecule has 0 aliphatic heterocycles. The number of amides is 2. The fourth-order valence-electron chi connectivity index (χ4n) is 5.84. The van der Waals surface area contributed by atoms with Crippen molar-refractivity contribution in [1.29, 1.82) is 0 Å². The van der Waals surface area contributed by atoms with Gasteiger partial charge in [0.05, 0.1) is 21.2 Å². The minimum atomic E-state index is -4.71. The van der Waals surface area contributed by atoms with Crippen molar-refractivity contribution >= 4 is 90.6 Å². The quantitative estimate of drug-likeness (QED) is 0.0763. The minimum absolute atomic E-state index is 0.0563. The van der Waals surface area contributed by atoms with Crippen LogP contribution in [0.1, 0.15) is 11.1 Å². The number of anilines is 4. The fourth-order valence-corrected chi connectivity index (χ4v) is 9.48. The molecule has 0 radical (unpaired) electrons. The summed E-state index contributed by atoms with van der Waals surface area (Å²) < 4.78 is 124. The third kappa shape index (κ3) is 8.17. The van der Waals surface area contributed by atoms with E-state index in [-0.39, 0.29) is 54.1 Å². The lowest BCUT2D eigenvalue weighted by atomic mass is 10.1. The molecule has 0 atom stereocenters. The van der Waals surface area contributed by atoms with E-state index in [4.69, 9.17) is 0 Å². The molecule has 8 N–H and O–H groups in total. The largest absolute Gasteiger partial charge is 0.507 e. The molecule has 0 heterocycles. The number of hydrogen-bond acceptors (Lipinski definition) is 11. The lowest BCUT2D eigenvalue weighted by Gasteiger charge is -2.15. The highest BCUT2D eigenvalue weighted by Crippen LogP contribution is 2.36. The number of nitrogens with one attached hydrogen (secondary N) is 4. The first kappa shape index (κ1) is 39.7. The van der Waals surface area contributed by atoms with Gasteiger partial charge in [-0.25, -0.2) is 21.6 Å². The van der Waals surface area contributed by atoms with E-state index in [1.165, 1.54) is 74.5 Å². The summed E-state index contributed by atoms with van der Waals surface area (Å²) in [6, 6.07) is 18.7. The average molecular weight is 843 g/mol. The van der Waals surface area contributed by atoms with Gasteiger partial charge in [-0.3, -0.25) is 18.5 Å². The summed E-state index contributed by atoms with van der Waals surface area (Å²) in [5, 5.41) is 25.9. The molecular formula is C35H30N4O13S4. The predicted molar refractivity (Wildman–Crippen MR) is 207 cm³/mol. The third-order valence-electron chi connectivity index (χ3n) is 8.44. The molecule has 0 unspecified atom stereocenters. The van der Waals surface area contributed by atoms with E-state index >= 15 is 0 Å². The van der Waals surface area contributed by atoms with Crippen LogP contribution in [0.5, 0.6) is 11.5 Å². The summed E-state index contributed by atoms with van der Waals surface area (Å²) in [4.78, 5) is 11.4. The maximum Gasteiger partial charge on any atom is 0.323 e. The SMILES string of the molecule is Cc1cc(S(=O)(=O)Nc2cc(O)c3cccc(S(=O)(=O)O)c3c2)ccc1NC(=O)Nc1ccc(S(=O)(=O)Nc2cc(O)c3cccc(S(=O)(=O)O)c3c2)cc1C. The molecule has 0 spiro atoms. The molecule has 292 valence electrons. The molecule has 6 aromatic carbocycles. The molecule has 0 fully saturated rings. The number of aromatic hydroxyl groups is 2. The van der Waals surface area contributed by atoms with E-state index in [1.807, 2.05) is 0 Å². The van der Waals surface area contributed by atoms with Crippen LogP contribution in [-0.4, -0.2) is 59.0 Å². The van der Waals surface area contributed by atoms with Gasteiger partial charge in [0, 0.05) is 45.1 Å². The number of phenols is 2. The Kier molecular flexibility index (Phi) is 10.1. The Morgan fingerprint density at radius 1 is 0.500 bits per heavy atom. The molecule has 0 saturated heterocycles. The number of rotatable bonds is 10. The standard InChI is InChI=1S/C35H30N4O13S4/c1-19-13-23(53(43,44)38-21-15-27-25(31(40)17-21)5-3-7-33(27)55(47,48)49)9-11-29(19)36-35(42)37-30-12-10-24(14-20(30)2)54(45,46)39-22-16-28-26(32(41)18-22)6-4-8-34(28)56(50,51)52/h3-18,38-41H,1-2H3,(H2,36,37,42)(H,47,48,49)(H,50,51,52). The second-order valence-electron chi connectivity index (χ2n) is 12.4. The number of urea groups is 1. The molecule has 6 rings (SSSR count). The van der Waals surface area contributed by atoms with E-state index in [0.29, 0.717) is 11.1 Å². The van der Waals surface area contributed by atoms with Crippen molar-refractivity contribution in [3.05, 3.63) is 108 Å². The number of sulfonamides is 2. The molecular weight excluding hydrogens is 813 g/mol. The van der Waals surface area contributed by atoms with Crippen LogP contribution in [-0.2, 0) is 40.3 Å². The smallest absolute Gasteiger partial charge is 0.323 e. The Labute approximate surface area is 320 Å². The molecule has 0 aromatic heterocycles. The van der Waals surface area contributed by atoms with Gasteiger partial charge in [-0.15, -0.1) is 0 Å².